The summed E-state index contributed by atoms with van der Waals surface area (Å²) < 4.78 is 0. The van der Waals surface area contributed by atoms with Gasteiger partial charge in [-0.1, -0.05) is 24.8 Å². The van der Waals surface area contributed by atoms with E-state index in [2.05, 4.69) is 35.0 Å². The molecule has 3 nitrogen and oxygen atoms in total. The van der Waals surface area contributed by atoms with E-state index in [9.17, 15) is 0 Å². The first-order valence-corrected chi connectivity index (χ1v) is 6.83. The van der Waals surface area contributed by atoms with Crippen LogP contribution in [0.3, 0.4) is 0 Å². The van der Waals surface area contributed by atoms with Crippen molar-refractivity contribution in [2.24, 2.45) is 0 Å². The minimum atomic E-state index is 0.00655. The Hall–Kier alpha value is -1.58. The number of aliphatic hydroxyl groups is 1. The van der Waals surface area contributed by atoms with E-state index in [0.717, 1.165) is 18.7 Å². The van der Waals surface area contributed by atoms with Gasteiger partial charge in [0.2, 0.25) is 0 Å². The van der Waals surface area contributed by atoms with Crippen molar-refractivity contribution in [1.29, 1.82) is 0 Å². The first-order chi connectivity index (χ1) is 9.36. The van der Waals surface area contributed by atoms with E-state index in [0.29, 0.717) is 6.54 Å². The molecule has 1 aliphatic heterocycles. The van der Waals surface area contributed by atoms with Crippen LogP contribution in [0.5, 0.6) is 0 Å². The van der Waals surface area contributed by atoms with Crippen LogP contribution in [0.2, 0.25) is 0 Å². The topological polar surface area (TPSA) is 35.5 Å². The van der Waals surface area contributed by atoms with Gasteiger partial charge in [-0.15, -0.1) is 0 Å². The molecule has 2 rings (SSSR count). The lowest BCUT2D eigenvalue weighted by atomic mass is 10.0. The summed E-state index contributed by atoms with van der Waals surface area (Å²) in [6, 6.07) is 0. The zero-order chi connectivity index (χ0) is 13.5. The highest BCUT2D eigenvalue weighted by atomic mass is 16.3. The number of allylic oxidation sites excluding steroid dienone is 5. The highest BCUT2D eigenvalue weighted by molar-refractivity contribution is 5.39. The molecule has 102 valence electrons. The van der Waals surface area contributed by atoms with E-state index in [1.54, 1.807) is 5.57 Å². The van der Waals surface area contributed by atoms with Gasteiger partial charge in [0.15, 0.2) is 0 Å². The van der Waals surface area contributed by atoms with E-state index in [4.69, 9.17) is 5.11 Å². The molecule has 0 unspecified atom stereocenters. The third kappa shape index (κ3) is 3.46. The van der Waals surface area contributed by atoms with Crippen LogP contribution in [0, 0.1) is 0 Å². The molecule has 0 saturated heterocycles. The fraction of sp³-hybridized carbons (Fsp3) is 0.375. The Morgan fingerprint density at radius 1 is 1.47 bits per heavy atom. The van der Waals surface area contributed by atoms with Crippen LogP contribution in [0.4, 0.5) is 0 Å². The Labute approximate surface area is 115 Å². The van der Waals surface area contributed by atoms with Crippen LogP contribution in [0.25, 0.3) is 0 Å². The van der Waals surface area contributed by atoms with E-state index in [1.807, 2.05) is 18.2 Å². The molecule has 0 aromatic carbocycles. The lowest BCUT2D eigenvalue weighted by molar-refractivity contribution is 0.267. The molecule has 0 aromatic heterocycles. The van der Waals surface area contributed by atoms with Crippen molar-refractivity contribution in [2.45, 2.75) is 19.3 Å². The van der Waals surface area contributed by atoms with Gasteiger partial charge in [0.1, 0.15) is 0 Å². The van der Waals surface area contributed by atoms with E-state index in [-0.39, 0.29) is 6.73 Å². The molecule has 1 aliphatic carbocycles. The Kier molecular flexibility index (Phi) is 5.19. The smallest absolute Gasteiger partial charge is 0.0933 e. The molecular formula is C16H22N2O. The average molecular weight is 258 g/mol. The quantitative estimate of drug-likeness (QED) is 0.436. The monoisotopic (exact) mass is 258 g/mol. The maximum Gasteiger partial charge on any atom is 0.0933 e. The number of hydrogen-bond acceptors (Lipinski definition) is 3. The van der Waals surface area contributed by atoms with Gasteiger partial charge in [-0.25, -0.2) is 0 Å². The second-order valence-corrected chi connectivity index (χ2v) is 4.67. The zero-order valence-corrected chi connectivity index (χ0v) is 11.3. The second-order valence-electron chi connectivity index (χ2n) is 4.67. The van der Waals surface area contributed by atoms with Crippen molar-refractivity contribution in [3.8, 4) is 0 Å². The third-order valence-corrected chi connectivity index (χ3v) is 3.44. The van der Waals surface area contributed by atoms with Crippen LogP contribution in [0.15, 0.2) is 60.0 Å². The molecule has 3 heteroatoms. The lowest BCUT2D eigenvalue weighted by Crippen LogP contribution is -2.18. The van der Waals surface area contributed by atoms with Gasteiger partial charge >= 0.3 is 0 Å². The van der Waals surface area contributed by atoms with E-state index < -0.39 is 0 Å². The fourth-order valence-corrected chi connectivity index (χ4v) is 2.55. The minimum absolute atomic E-state index is 0.00655. The molecule has 0 spiro atoms. The predicted molar refractivity (Wildman–Crippen MR) is 79.2 cm³/mol. The lowest BCUT2D eigenvalue weighted by Gasteiger charge is -2.23. The standard InChI is InChI=1S/C16H22N2O/c1-2-6-15(8-5-11-17-13-19)18-12-10-14-7-3-4-9-16(14)18/h2,4-6,8-9,17,19H,1,3,7,10-13H2/b8-5-,15-6+. The molecule has 0 amide bonds. The highest BCUT2D eigenvalue weighted by Crippen LogP contribution is 2.33. The van der Waals surface area contributed by atoms with Crippen molar-refractivity contribution < 1.29 is 5.11 Å². The van der Waals surface area contributed by atoms with Gasteiger partial charge in [0.25, 0.3) is 0 Å². The Bertz CT molecular complexity index is 444. The Balaban J connectivity index is 2.10. The fourth-order valence-electron chi connectivity index (χ4n) is 2.55. The third-order valence-electron chi connectivity index (χ3n) is 3.44. The molecule has 0 bridgehead atoms. The van der Waals surface area contributed by atoms with Crippen molar-refractivity contribution >= 4 is 0 Å². The summed E-state index contributed by atoms with van der Waals surface area (Å²) in [5, 5.41) is 11.6. The molecule has 19 heavy (non-hydrogen) atoms. The number of hydrogen-bond donors (Lipinski definition) is 2. The summed E-state index contributed by atoms with van der Waals surface area (Å²) in [5.74, 6) is 0. The first-order valence-electron chi connectivity index (χ1n) is 6.83. The molecule has 2 aliphatic rings. The van der Waals surface area contributed by atoms with Gasteiger partial charge in [-0.2, -0.15) is 0 Å². The SMILES string of the molecule is C=C/C=C(\C=C/CNCO)N1CCC2=C1C=CCC2. The molecule has 0 saturated carbocycles. The molecule has 0 atom stereocenters. The second kappa shape index (κ2) is 7.12. The summed E-state index contributed by atoms with van der Waals surface area (Å²) in [4.78, 5) is 2.35. The number of rotatable bonds is 6. The van der Waals surface area contributed by atoms with Gasteiger partial charge in [-0.05, 0) is 43.1 Å². The number of nitrogens with zero attached hydrogens (tertiary/aromatic N) is 1. The maximum atomic E-state index is 8.70. The van der Waals surface area contributed by atoms with Crippen LogP contribution >= 0.6 is 0 Å². The maximum absolute atomic E-state index is 8.70. The van der Waals surface area contributed by atoms with E-state index >= 15 is 0 Å². The van der Waals surface area contributed by atoms with Gasteiger partial charge in [-0.3, -0.25) is 5.32 Å². The minimum Gasteiger partial charge on any atom is -0.381 e. The Morgan fingerprint density at radius 3 is 3.16 bits per heavy atom. The number of nitrogens with one attached hydrogen (secondary N) is 1. The zero-order valence-electron chi connectivity index (χ0n) is 11.3. The van der Waals surface area contributed by atoms with Crippen LogP contribution in [-0.2, 0) is 0 Å². The van der Waals surface area contributed by atoms with Gasteiger partial charge in [0, 0.05) is 24.5 Å². The van der Waals surface area contributed by atoms with E-state index in [1.165, 1.54) is 18.5 Å². The van der Waals surface area contributed by atoms with Crippen molar-refractivity contribution in [2.75, 3.05) is 19.8 Å². The Morgan fingerprint density at radius 2 is 2.37 bits per heavy atom. The first kappa shape index (κ1) is 13.8. The molecule has 0 aromatic rings. The molecule has 1 heterocycles. The highest BCUT2D eigenvalue weighted by Gasteiger charge is 2.23. The predicted octanol–water partition coefficient (Wildman–Crippen LogP) is 2.46. The molecule has 0 fully saturated rings. The summed E-state index contributed by atoms with van der Waals surface area (Å²) in [5.41, 5.74) is 4.09. The number of aliphatic hydroxyl groups excluding tert-OH is 1. The van der Waals surface area contributed by atoms with Crippen LogP contribution in [-0.4, -0.2) is 29.8 Å². The summed E-state index contributed by atoms with van der Waals surface area (Å²) in [7, 11) is 0. The summed E-state index contributed by atoms with van der Waals surface area (Å²) in [6.07, 6.45) is 16.0. The van der Waals surface area contributed by atoms with Crippen LogP contribution in [0.1, 0.15) is 19.3 Å². The molecular weight excluding hydrogens is 236 g/mol. The summed E-state index contributed by atoms with van der Waals surface area (Å²) in [6.45, 7) is 5.52. The van der Waals surface area contributed by atoms with Gasteiger partial charge in [0.05, 0.1) is 6.73 Å². The molecule has 0 radical (unpaired) electrons. The molecule has 2 N–H and O–H groups in total. The van der Waals surface area contributed by atoms with Crippen LogP contribution < -0.4 is 5.32 Å². The van der Waals surface area contributed by atoms with Crippen molar-refractivity contribution in [1.82, 2.24) is 10.2 Å². The van der Waals surface area contributed by atoms with Gasteiger partial charge < -0.3 is 10.0 Å². The summed E-state index contributed by atoms with van der Waals surface area (Å²) >= 11 is 0. The normalized spacial score (nSPS) is 19.4. The van der Waals surface area contributed by atoms with Crippen molar-refractivity contribution in [3.05, 3.63) is 60.0 Å². The van der Waals surface area contributed by atoms with Crippen molar-refractivity contribution in [3.63, 3.8) is 0 Å². The largest absolute Gasteiger partial charge is 0.381 e. The average Bonchev–Trinajstić information content (AvgIpc) is 2.86.